The molecular weight excluding hydrogens is 260 g/mol. The maximum atomic E-state index is 5.96. The van der Waals surface area contributed by atoms with Gasteiger partial charge in [0.15, 0.2) is 11.5 Å². The first kappa shape index (κ1) is 14.1. The van der Waals surface area contributed by atoms with Crippen molar-refractivity contribution in [3.63, 3.8) is 0 Å². The summed E-state index contributed by atoms with van der Waals surface area (Å²) in [6.45, 7) is 2.03. The SMILES string of the molecule is COc1cccc(C(C(N)=S)N2CCCC2)c1OC. The zero-order valence-corrected chi connectivity index (χ0v) is 12.2. The van der Waals surface area contributed by atoms with Crippen molar-refractivity contribution >= 4 is 17.2 Å². The monoisotopic (exact) mass is 280 g/mol. The van der Waals surface area contributed by atoms with Gasteiger partial charge in [-0.25, -0.2) is 0 Å². The first-order valence-electron chi connectivity index (χ1n) is 6.43. The third-order valence-electron chi connectivity index (χ3n) is 3.50. The number of nitrogens with zero attached hydrogens (tertiary/aromatic N) is 1. The number of rotatable bonds is 5. The number of hydrogen-bond donors (Lipinski definition) is 1. The molecule has 0 radical (unpaired) electrons. The van der Waals surface area contributed by atoms with Crippen molar-refractivity contribution in [1.29, 1.82) is 0 Å². The standard InChI is InChI=1S/C14H20N2O2S/c1-17-11-7-5-6-10(13(11)18-2)12(14(15)19)16-8-3-4-9-16/h5-7,12H,3-4,8-9H2,1-2H3,(H2,15,19). The molecule has 0 spiro atoms. The van der Waals surface area contributed by atoms with Crippen LogP contribution in [0.3, 0.4) is 0 Å². The molecule has 104 valence electrons. The summed E-state index contributed by atoms with van der Waals surface area (Å²) in [5.41, 5.74) is 6.94. The van der Waals surface area contributed by atoms with Crippen LogP contribution in [0.4, 0.5) is 0 Å². The number of nitrogens with two attached hydrogens (primary N) is 1. The van der Waals surface area contributed by atoms with Crippen molar-refractivity contribution < 1.29 is 9.47 Å². The van der Waals surface area contributed by atoms with Crippen LogP contribution in [0.1, 0.15) is 24.4 Å². The van der Waals surface area contributed by atoms with Gasteiger partial charge in [-0.2, -0.15) is 0 Å². The van der Waals surface area contributed by atoms with Gasteiger partial charge >= 0.3 is 0 Å². The van der Waals surface area contributed by atoms with Gasteiger partial charge in [0, 0.05) is 5.56 Å². The van der Waals surface area contributed by atoms with Gasteiger partial charge in [-0.1, -0.05) is 24.4 Å². The van der Waals surface area contributed by atoms with Crippen LogP contribution in [-0.4, -0.2) is 37.2 Å². The topological polar surface area (TPSA) is 47.7 Å². The second-order valence-electron chi connectivity index (χ2n) is 4.63. The van der Waals surface area contributed by atoms with E-state index < -0.39 is 0 Å². The zero-order chi connectivity index (χ0) is 13.8. The zero-order valence-electron chi connectivity index (χ0n) is 11.4. The quantitative estimate of drug-likeness (QED) is 0.837. The molecule has 0 amide bonds. The molecule has 4 nitrogen and oxygen atoms in total. The molecule has 1 aliphatic heterocycles. The molecule has 5 heteroatoms. The predicted octanol–water partition coefficient (Wildman–Crippen LogP) is 2.13. The van der Waals surface area contributed by atoms with E-state index in [1.54, 1.807) is 14.2 Å². The van der Waals surface area contributed by atoms with Gasteiger partial charge < -0.3 is 15.2 Å². The summed E-state index contributed by atoms with van der Waals surface area (Å²) in [5, 5.41) is 0. The third kappa shape index (κ3) is 2.82. The molecule has 1 atom stereocenters. The molecule has 1 saturated heterocycles. The number of likely N-dealkylation sites (tertiary alicyclic amines) is 1. The lowest BCUT2D eigenvalue weighted by Gasteiger charge is -2.28. The van der Waals surface area contributed by atoms with Crippen LogP contribution in [-0.2, 0) is 0 Å². The largest absolute Gasteiger partial charge is 0.493 e. The van der Waals surface area contributed by atoms with Crippen molar-refractivity contribution in [2.45, 2.75) is 18.9 Å². The first-order chi connectivity index (χ1) is 9.19. The minimum absolute atomic E-state index is 0.0810. The van der Waals surface area contributed by atoms with Gasteiger partial charge in [0.05, 0.1) is 25.2 Å². The Bertz CT molecular complexity index is 459. The molecule has 1 heterocycles. The van der Waals surface area contributed by atoms with Crippen LogP contribution >= 0.6 is 12.2 Å². The highest BCUT2D eigenvalue weighted by molar-refractivity contribution is 7.80. The molecule has 2 rings (SSSR count). The summed E-state index contributed by atoms with van der Waals surface area (Å²) in [5.74, 6) is 1.43. The van der Waals surface area contributed by atoms with E-state index in [4.69, 9.17) is 27.4 Å². The van der Waals surface area contributed by atoms with Crippen LogP contribution in [0.25, 0.3) is 0 Å². The van der Waals surface area contributed by atoms with E-state index in [0.29, 0.717) is 10.7 Å². The van der Waals surface area contributed by atoms with Crippen molar-refractivity contribution in [3.05, 3.63) is 23.8 Å². The second kappa shape index (κ2) is 6.21. The smallest absolute Gasteiger partial charge is 0.165 e. The van der Waals surface area contributed by atoms with Gasteiger partial charge in [-0.3, -0.25) is 4.90 Å². The minimum Gasteiger partial charge on any atom is -0.493 e. The molecule has 1 fully saturated rings. The van der Waals surface area contributed by atoms with Crippen LogP contribution in [0.15, 0.2) is 18.2 Å². The Labute approximate surface area is 119 Å². The van der Waals surface area contributed by atoms with Crippen LogP contribution < -0.4 is 15.2 Å². The van der Waals surface area contributed by atoms with Crippen LogP contribution in [0.5, 0.6) is 11.5 Å². The van der Waals surface area contributed by atoms with E-state index in [9.17, 15) is 0 Å². The lowest BCUT2D eigenvalue weighted by Crippen LogP contribution is -2.35. The lowest BCUT2D eigenvalue weighted by atomic mass is 10.0. The molecule has 2 N–H and O–H groups in total. The fourth-order valence-corrected chi connectivity index (χ4v) is 2.93. The maximum Gasteiger partial charge on any atom is 0.165 e. The Morgan fingerprint density at radius 1 is 1.26 bits per heavy atom. The van der Waals surface area contributed by atoms with E-state index in [0.717, 1.165) is 24.4 Å². The van der Waals surface area contributed by atoms with E-state index in [1.807, 2.05) is 18.2 Å². The number of para-hydroxylation sites is 1. The van der Waals surface area contributed by atoms with Gasteiger partial charge in [0.1, 0.15) is 0 Å². The number of methoxy groups -OCH3 is 2. The summed E-state index contributed by atoms with van der Waals surface area (Å²) in [4.78, 5) is 2.79. The van der Waals surface area contributed by atoms with Crippen molar-refractivity contribution in [1.82, 2.24) is 4.90 Å². The normalized spacial score (nSPS) is 17.2. The number of benzene rings is 1. The van der Waals surface area contributed by atoms with Gasteiger partial charge in [-0.15, -0.1) is 0 Å². The molecule has 1 unspecified atom stereocenters. The van der Waals surface area contributed by atoms with Crippen molar-refractivity contribution in [3.8, 4) is 11.5 Å². The van der Waals surface area contributed by atoms with Gasteiger partial charge in [0.25, 0.3) is 0 Å². The summed E-state index contributed by atoms with van der Waals surface area (Å²) in [7, 11) is 3.27. The Morgan fingerprint density at radius 2 is 1.95 bits per heavy atom. The van der Waals surface area contributed by atoms with E-state index in [2.05, 4.69) is 4.90 Å². The second-order valence-corrected chi connectivity index (χ2v) is 5.10. The Balaban J connectivity index is 2.43. The predicted molar refractivity (Wildman–Crippen MR) is 79.9 cm³/mol. The molecule has 0 bridgehead atoms. The molecule has 1 aromatic carbocycles. The average Bonchev–Trinajstić information content (AvgIpc) is 2.92. The molecule has 0 aromatic heterocycles. The minimum atomic E-state index is -0.0810. The molecule has 0 saturated carbocycles. The Kier molecular flexibility index (Phi) is 4.61. The van der Waals surface area contributed by atoms with E-state index >= 15 is 0 Å². The molecular formula is C14H20N2O2S. The van der Waals surface area contributed by atoms with Gasteiger partial charge in [0.2, 0.25) is 0 Å². The van der Waals surface area contributed by atoms with Crippen molar-refractivity contribution in [2.24, 2.45) is 5.73 Å². The molecule has 1 aromatic rings. The highest BCUT2D eigenvalue weighted by atomic mass is 32.1. The summed E-state index contributed by atoms with van der Waals surface area (Å²) in [6, 6.07) is 5.74. The first-order valence-corrected chi connectivity index (χ1v) is 6.84. The maximum absolute atomic E-state index is 5.96. The van der Waals surface area contributed by atoms with Crippen molar-refractivity contribution in [2.75, 3.05) is 27.3 Å². The fourth-order valence-electron chi connectivity index (χ4n) is 2.66. The average molecular weight is 280 g/mol. The van der Waals surface area contributed by atoms with Crippen LogP contribution in [0, 0.1) is 0 Å². The lowest BCUT2D eigenvalue weighted by molar-refractivity contribution is 0.291. The summed E-state index contributed by atoms with van der Waals surface area (Å²) in [6.07, 6.45) is 2.37. The highest BCUT2D eigenvalue weighted by Gasteiger charge is 2.29. The number of hydrogen-bond acceptors (Lipinski definition) is 4. The molecule has 19 heavy (non-hydrogen) atoms. The number of thiocarbonyl (C=S) groups is 1. The van der Waals surface area contributed by atoms with E-state index in [-0.39, 0.29) is 6.04 Å². The van der Waals surface area contributed by atoms with Crippen LogP contribution in [0.2, 0.25) is 0 Å². The van der Waals surface area contributed by atoms with Gasteiger partial charge in [-0.05, 0) is 32.0 Å². The molecule has 1 aliphatic rings. The fraction of sp³-hybridized carbons (Fsp3) is 0.500. The summed E-state index contributed by atoms with van der Waals surface area (Å²) < 4.78 is 10.8. The molecule has 0 aliphatic carbocycles. The summed E-state index contributed by atoms with van der Waals surface area (Å²) >= 11 is 5.26. The van der Waals surface area contributed by atoms with E-state index in [1.165, 1.54) is 12.8 Å². The Morgan fingerprint density at radius 3 is 2.47 bits per heavy atom. The number of ether oxygens (including phenoxy) is 2. The highest BCUT2D eigenvalue weighted by Crippen LogP contribution is 2.38. The third-order valence-corrected chi connectivity index (χ3v) is 3.73. The Hall–Kier alpha value is -1.33.